The molecular formula is C12H14N4O2S. The molecule has 0 saturated carbocycles. The number of rotatable bonds is 4. The van der Waals surface area contributed by atoms with Crippen molar-refractivity contribution < 1.29 is 8.42 Å². The van der Waals surface area contributed by atoms with Gasteiger partial charge >= 0.3 is 0 Å². The zero-order valence-electron chi connectivity index (χ0n) is 10.6. The number of hydrogen-bond donors (Lipinski definition) is 1. The van der Waals surface area contributed by atoms with E-state index >= 15 is 0 Å². The molecule has 2 rings (SSSR count). The summed E-state index contributed by atoms with van der Waals surface area (Å²) in [7, 11) is -0.383. The first kappa shape index (κ1) is 13.3. The molecule has 0 bridgehead atoms. The Balaban J connectivity index is 2.36. The van der Waals surface area contributed by atoms with Crippen LogP contribution in [0.2, 0.25) is 0 Å². The second kappa shape index (κ2) is 5.23. The van der Waals surface area contributed by atoms with Crippen LogP contribution in [-0.2, 0) is 10.0 Å². The van der Waals surface area contributed by atoms with E-state index < -0.39 is 10.0 Å². The first-order valence-corrected chi connectivity index (χ1v) is 7.02. The minimum absolute atomic E-state index is 0.144. The second-order valence-electron chi connectivity index (χ2n) is 3.81. The molecule has 0 atom stereocenters. The summed E-state index contributed by atoms with van der Waals surface area (Å²) in [5.74, 6) is 0.616. The van der Waals surface area contributed by atoms with Gasteiger partial charge in [0.05, 0.1) is 5.69 Å². The molecule has 2 aromatic rings. The van der Waals surface area contributed by atoms with Gasteiger partial charge in [-0.1, -0.05) is 0 Å². The summed E-state index contributed by atoms with van der Waals surface area (Å²) in [5, 5.41) is 2.84. The minimum Gasteiger partial charge on any atom is -0.373 e. The van der Waals surface area contributed by atoms with Crippen LogP contribution in [0.3, 0.4) is 0 Å². The standard InChI is InChI=1S/C12H14N4O2S/c1-13-12-4-3-11(9-15-12)19(17,18)16(2)10-5-7-14-8-6-10/h3-9H,1-2H3,(H,13,15). The fraction of sp³-hybridized carbons (Fsp3) is 0.167. The maximum Gasteiger partial charge on any atom is 0.265 e. The Labute approximate surface area is 112 Å². The Hall–Kier alpha value is -2.15. The smallest absolute Gasteiger partial charge is 0.265 e. The van der Waals surface area contributed by atoms with Crippen LogP contribution in [0.15, 0.2) is 47.8 Å². The number of sulfonamides is 1. The van der Waals surface area contributed by atoms with Crippen molar-refractivity contribution in [1.82, 2.24) is 9.97 Å². The van der Waals surface area contributed by atoms with Gasteiger partial charge in [-0.05, 0) is 24.3 Å². The summed E-state index contributed by atoms with van der Waals surface area (Å²) >= 11 is 0. The fourth-order valence-electron chi connectivity index (χ4n) is 1.53. The van der Waals surface area contributed by atoms with Crippen LogP contribution < -0.4 is 9.62 Å². The summed E-state index contributed by atoms with van der Waals surface area (Å²) in [4.78, 5) is 8.02. The molecule has 0 aliphatic heterocycles. The molecule has 0 aliphatic rings. The van der Waals surface area contributed by atoms with Crippen molar-refractivity contribution in [2.24, 2.45) is 0 Å². The van der Waals surface area contributed by atoms with Gasteiger partial charge in [-0.25, -0.2) is 13.4 Å². The zero-order chi connectivity index (χ0) is 13.9. The third-order valence-electron chi connectivity index (χ3n) is 2.68. The van der Waals surface area contributed by atoms with Crippen molar-refractivity contribution in [3.63, 3.8) is 0 Å². The van der Waals surface area contributed by atoms with E-state index in [1.807, 2.05) is 0 Å². The summed E-state index contributed by atoms with van der Waals surface area (Å²) in [6.45, 7) is 0. The van der Waals surface area contributed by atoms with Crippen molar-refractivity contribution in [2.75, 3.05) is 23.7 Å². The molecule has 7 heteroatoms. The molecule has 2 heterocycles. The highest BCUT2D eigenvalue weighted by Gasteiger charge is 2.21. The van der Waals surface area contributed by atoms with Gasteiger partial charge in [-0.3, -0.25) is 9.29 Å². The van der Waals surface area contributed by atoms with E-state index in [0.717, 1.165) is 0 Å². The van der Waals surface area contributed by atoms with Crippen LogP contribution in [0.25, 0.3) is 0 Å². The molecule has 2 aromatic heterocycles. The maximum absolute atomic E-state index is 12.4. The summed E-state index contributed by atoms with van der Waals surface area (Å²) in [6, 6.07) is 6.40. The topological polar surface area (TPSA) is 75.2 Å². The van der Waals surface area contributed by atoms with Crippen LogP contribution in [-0.4, -0.2) is 32.5 Å². The molecule has 0 spiro atoms. The van der Waals surface area contributed by atoms with Gasteiger partial charge in [0, 0.05) is 32.7 Å². The SMILES string of the molecule is CNc1ccc(S(=O)(=O)N(C)c2ccncc2)cn1. The maximum atomic E-state index is 12.4. The normalized spacial score (nSPS) is 11.1. The Morgan fingerprint density at radius 2 is 1.84 bits per heavy atom. The van der Waals surface area contributed by atoms with E-state index in [1.54, 1.807) is 37.6 Å². The lowest BCUT2D eigenvalue weighted by molar-refractivity contribution is 0.594. The summed E-state index contributed by atoms with van der Waals surface area (Å²) < 4.78 is 26.0. The first-order valence-electron chi connectivity index (χ1n) is 5.58. The number of pyridine rings is 2. The fourth-order valence-corrected chi connectivity index (χ4v) is 2.67. The molecular weight excluding hydrogens is 264 g/mol. The molecule has 0 radical (unpaired) electrons. The molecule has 0 amide bonds. The lowest BCUT2D eigenvalue weighted by Crippen LogP contribution is -2.26. The minimum atomic E-state index is -3.60. The average molecular weight is 278 g/mol. The molecule has 0 fully saturated rings. The molecule has 6 nitrogen and oxygen atoms in total. The number of aromatic nitrogens is 2. The van der Waals surface area contributed by atoms with E-state index in [1.165, 1.54) is 23.6 Å². The largest absolute Gasteiger partial charge is 0.373 e. The van der Waals surface area contributed by atoms with Gasteiger partial charge < -0.3 is 5.32 Å². The van der Waals surface area contributed by atoms with Crippen molar-refractivity contribution in [2.45, 2.75) is 4.90 Å². The van der Waals surface area contributed by atoms with Gasteiger partial charge in [-0.2, -0.15) is 0 Å². The Bertz CT molecular complexity index is 641. The van der Waals surface area contributed by atoms with Crippen LogP contribution in [0.5, 0.6) is 0 Å². The number of nitrogens with zero attached hydrogens (tertiary/aromatic N) is 3. The quantitative estimate of drug-likeness (QED) is 0.913. The zero-order valence-corrected chi connectivity index (χ0v) is 11.4. The van der Waals surface area contributed by atoms with Crippen molar-refractivity contribution >= 4 is 21.5 Å². The van der Waals surface area contributed by atoms with Crippen LogP contribution >= 0.6 is 0 Å². The molecule has 0 unspecified atom stereocenters. The van der Waals surface area contributed by atoms with Gasteiger partial charge in [0.2, 0.25) is 0 Å². The average Bonchev–Trinajstić information content (AvgIpc) is 2.47. The highest BCUT2D eigenvalue weighted by Crippen LogP contribution is 2.21. The molecule has 0 aromatic carbocycles. The number of hydrogen-bond acceptors (Lipinski definition) is 5. The third-order valence-corrected chi connectivity index (χ3v) is 4.45. The van der Waals surface area contributed by atoms with Crippen molar-refractivity contribution in [3.8, 4) is 0 Å². The molecule has 0 saturated heterocycles. The lowest BCUT2D eigenvalue weighted by Gasteiger charge is -2.19. The summed E-state index contributed by atoms with van der Waals surface area (Å²) in [6.07, 6.45) is 4.42. The first-order chi connectivity index (χ1) is 9.05. The third kappa shape index (κ3) is 2.65. The van der Waals surface area contributed by atoms with Crippen LogP contribution in [0, 0.1) is 0 Å². The summed E-state index contributed by atoms with van der Waals surface area (Å²) in [5.41, 5.74) is 0.549. The van der Waals surface area contributed by atoms with Gasteiger partial charge in [-0.15, -0.1) is 0 Å². The predicted molar refractivity (Wildman–Crippen MR) is 73.6 cm³/mol. The molecule has 19 heavy (non-hydrogen) atoms. The highest BCUT2D eigenvalue weighted by molar-refractivity contribution is 7.92. The van der Waals surface area contributed by atoms with Gasteiger partial charge in [0.15, 0.2) is 0 Å². The number of anilines is 2. The highest BCUT2D eigenvalue weighted by atomic mass is 32.2. The Morgan fingerprint density at radius 3 is 2.37 bits per heavy atom. The Morgan fingerprint density at radius 1 is 1.16 bits per heavy atom. The van der Waals surface area contributed by atoms with E-state index in [9.17, 15) is 8.42 Å². The van der Waals surface area contributed by atoms with E-state index in [-0.39, 0.29) is 4.90 Å². The molecule has 1 N–H and O–H groups in total. The predicted octanol–water partition coefficient (Wildman–Crippen LogP) is 1.34. The van der Waals surface area contributed by atoms with Crippen LogP contribution in [0.1, 0.15) is 0 Å². The molecule has 0 aliphatic carbocycles. The van der Waals surface area contributed by atoms with Crippen LogP contribution in [0.4, 0.5) is 11.5 Å². The Kier molecular flexibility index (Phi) is 3.66. The number of nitrogens with one attached hydrogen (secondary N) is 1. The van der Waals surface area contributed by atoms with E-state index in [0.29, 0.717) is 11.5 Å². The van der Waals surface area contributed by atoms with Gasteiger partial charge in [0.25, 0.3) is 10.0 Å². The van der Waals surface area contributed by atoms with Crippen molar-refractivity contribution in [3.05, 3.63) is 42.9 Å². The van der Waals surface area contributed by atoms with Gasteiger partial charge in [0.1, 0.15) is 10.7 Å². The van der Waals surface area contributed by atoms with E-state index in [4.69, 9.17) is 0 Å². The van der Waals surface area contributed by atoms with E-state index in [2.05, 4.69) is 15.3 Å². The second-order valence-corrected chi connectivity index (χ2v) is 5.78. The van der Waals surface area contributed by atoms with Crippen molar-refractivity contribution in [1.29, 1.82) is 0 Å². The monoisotopic (exact) mass is 278 g/mol. The molecule has 100 valence electrons. The lowest BCUT2D eigenvalue weighted by atomic mass is 10.4.